The van der Waals surface area contributed by atoms with Crippen LogP contribution in [0.2, 0.25) is 0 Å². The third kappa shape index (κ3) is 4.79. The molecule has 0 amide bonds. The standard InChI is InChI=1S/C17H15F7N2S.ClH/c18-12-9-10(16(19,20)21)8-11(17(22,23)24)14(12)15(13-2-1-7-27-13)26-5-3-25-4-6-26;/h1-2,7-9,15,25H,3-6H2;1H/t15-;/m0./s1. The Morgan fingerprint density at radius 1 is 1.00 bits per heavy atom. The third-order valence-electron chi connectivity index (χ3n) is 4.37. The summed E-state index contributed by atoms with van der Waals surface area (Å²) >= 11 is 1.14. The zero-order valence-electron chi connectivity index (χ0n) is 14.2. The molecule has 1 saturated heterocycles. The molecule has 2 heterocycles. The summed E-state index contributed by atoms with van der Waals surface area (Å²) in [5.74, 6) is -1.51. The minimum absolute atomic E-state index is 0. The molecule has 2 aromatic rings. The van der Waals surface area contributed by atoms with Gasteiger partial charge in [-0.05, 0) is 23.6 Å². The quantitative estimate of drug-likeness (QED) is 0.637. The van der Waals surface area contributed by atoms with E-state index < -0.39 is 40.9 Å². The van der Waals surface area contributed by atoms with Gasteiger partial charge in [0.1, 0.15) is 5.82 Å². The summed E-state index contributed by atoms with van der Waals surface area (Å²) in [4.78, 5) is 2.10. The lowest BCUT2D eigenvalue weighted by atomic mass is 9.93. The van der Waals surface area contributed by atoms with Gasteiger partial charge in [0.25, 0.3) is 0 Å². The van der Waals surface area contributed by atoms with Gasteiger partial charge in [0.05, 0.1) is 17.2 Å². The van der Waals surface area contributed by atoms with Crippen LogP contribution in [0.25, 0.3) is 0 Å². The van der Waals surface area contributed by atoms with Crippen LogP contribution in [0.4, 0.5) is 30.7 Å². The van der Waals surface area contributed by atoms with Gasteiger partial charge in [-0.15, -0.1) is 23.7 Å². The highest BCUT2D eigenvalue weighted by atomic mass is 35.5. The molecule has 1 aliphatic heterocycles. The van der Waals surface area contributed by atoms with Crippen LogP contribution in [0.3, 0.4) is 0 Å². The van der Waals surface area contributed by atoms with Crippen LogP contribution >= 0.6 is 23.7 Å². The van der Waals surface area contributed by atoms with Crippen molar-refractivity contribution in [3.05, 3.63) is 57.0 Å². The number of piperazine rings is 1. The first-order valence-corrected chi connectivity index (χ1v) is 8.93. The van der Waals surface area contributed by atoms with E-state index in [1.807, 2.05) is 0 Å². The SMILES string of the molecule is Cl.Fc1cc(C(F)(F)F)cc(C(F)(F)F)c1[C@H](c1cccs1)N1CCNCC1. The fraction of sp³-hybridized carbons (Fsp3) is 0.412. The summed E-state index contributed by atoms with van der Waals surface area (Å²) in [6.45, 7) is 1.68. The number of halogens is 8. The molecule has 28 heavy (non-hydrogen) atoms. The van der Waals surface area contributed by atoms with Crippen molar-refractivity contribution in [3.8, 4) is 0 Å². The first-order valence-electron chi connectivity index (χ1n) is 8.05. The van der Waals surface area contributed by atoms with Crippen molar-refractivity contribution in [1.29, 1.82) is 0 Å². The van der Waals surface area contributed by atoms with Gasteiger partial charge in [0.15, 0.2) is 0 Å². The number of nitrogens with zero attached hydrogens (tertiary/aromatic N) is 1. The second kappa shape index (κ2) is 8.56. The Morgan fingerprint density at radius 2 is 1.64 bits per heavy atom. The molecule has 156 valence electrons. The number of hydrogen-bond acceptors (Lipinski definition) is 3. The predicted octanol–water partition coefficient (Wildman–Crippen LogP) is 5.34. The van der Waals surface area contributed by atoms with Gasteiger partial charge in [-0.1, -0.05) is 6.07 Å². The normalized spacial score (nSPS) is 17.2. The maximum atomic E-state index is 14.7. The summed E-state index contributed by atoms with van der Waals surface area (Å²) in [5, 5.41) is 4.69. The molecule has 1 aromatic heterocycles. The van der Waals surface area contributed by atoms with Crippen LogP contribution < -0.4 is 5.32 Å². The molecule has 1 fully saturated rings. The summed E-state index contributed by atoms with van der Waals surface area (Å²) in [6.07, 6.45) is -10.2. The highest BCUT2D eigenvalue weighted by molar-refractivity contribution is 7.10. The molecule has 0 aliphatic carbocycles. The Morgan fingerprint density at radius 3 is 2.14 bits per heavy atom. The van der Waals surface area contributed by atoms with Crippen LogP contribution in [0.1, 0.15) is 27.6 Å². The van der Waals surface area contributed by atoms with Crippen LogP contribution in [0.5, 0.6) is 0 Å². The van der Waals surface area contributed by atoms with Gasteiger partial charge < -0.3 is 5.32 Å². The lowest BCUT2D eigenvalue weighted by molar-refractivity contribution is -0.144. The van der Waals surface area contributed by atoms with Gasteiger partial charge in [-0.2, -0.15) is 26.3 Å². The number of benzene rings is 1. The van der Waals surface area contributed by atoms with Crippen molar-refractivity contribution in [2.75, 3.05) is 26.2 Å². The molecule has 1 atom stereocenters. The molecule has 0 bridgehead atoms. The van der Waals surface area contributed by atoms with Crippen LogP contribution in [-0.4, -0.2) is 31.1 Å². The van der Waals surface area contributed by atoms with E-state index in [1.165, 1.54) is 0 Å². The van der Waals surface area contributed by atoms with E-state index in [2.05, 4.69) is 5.32 Å². The minimum atomic E-state index is -5.12. The number of alkyl halides is 6. The lowest BCUT2D eigenvalue weighted by Gasteiger charge is -2.36. The van der Waals surface area contributed by atoms with Gasteiger partial charge in [0.2, 0.25) is 0 Å². The van der Waals surface area contributed by atoms with Crippen molar-refractivity contribution in [1.82, 2.24) is 10.2 Å². The molecular formula is C17H16ClF7N2S. The first kappa shape index (κ1) is 22.9. The maximum Gasteiger partial charge on any atom is 0.416 e. The van der Waals surface area contributed by atoms with Crippen molar-refractivity contribution < 1.29 is 30.7 Å². The fourth-order valence-corrected chi connectivity index (χ4v) is 4.05. The molecule has 0 unspecified atom stereocenters. The molecule has 2 nitrogen and oxygen atoms in total. The number of hydrogen-bond donors (Lipinski definition) is 1. The summed E-state index contributed by atoms with van der Waals surface area (Å²) in [5.41, 5.74) is -4.01. The Kier molecular flexibility index (Phi) is 7.01. The molecule has 1 aromatic carbocycles. The van der Waals surface area contributed by atoms with Crippen molar-refractivity contribution >= 4 is 23.7 Å². The minimum Gasteiger partial charge on any atom is -0.314 e. The Labute approximate surface area is 166 Å². The van der Waals surface area contributed by atoms with Gasteiger partial charge in [0, 0.05) is 36.6 Å². The van der Waals surface area contributed by atoms with E-state index in [9.17, 15) is 30.7 Å². The smallest absolute Gasteiger partial charge is 0.314 e. The molecule has 1 aliphatic rings. The molecule has 1 N–H and O–H groups in total. The average Bonchev–Trinajstić information content (AvgIpc) is 3.09. The van der Waals surface area contributed by atoms with E-state index >= 15 is 0 Å². The van der Waals surface area contributed by atoms with E-state index in [4.69, 9.17) is 0 Å². The Hall–Kier alpha value is -1.36. The van der Waals surface area contributed by atoms with E-state index in [0.29, 0.717) is 31.1 Å². The molecule has 0 spiro atoms. The molecule has 11 heteroatoms. The highest BCUT2D eigenvalue weighted by Gasteiger charge is 2.43. The number of rotatable bonds is 3. The van der Waals surface area contributed by atoms with E-state index in [1.54, 1.807) is 22.4 Å². The monoisotopic (exact) mass is 448 g/mol. The Bertz CT molecular complexity index is 784. The highest BCUT2D eigenvalue weighted by Crippen LogP contribution is 2.44. The summed E-state index contributed by atoms with van der Waals surface area (Å²) in [6, 6.07) is 2.22. The fourth-order valence-electron chi connectivity index (χ4n) is 3.19. The second-order valence-corrected chi connectivity index (χ2v) is 7.10. The zero-order valence-corrected chi connectivity index (χ0v) is 15.8. The third-order valence-corrected chi connectivity index (χ3v) is 5.29. The van der Waals surface area contributed by atoms with Crippen LogP contribution in [0, 0.1) is 5.82 Å². The molecule has 0 saturated carbocycles. The molecule has 3 rings (SSSR count). The lowest BCUT2D eigenvalue weighted by Crippen LogP contribution is -2.45. The molecule has 0 radical (unpaired) electrons. The van der Waals surface area contributed by atoms with Crippen LogP contribution in [0.15, 0.2) is 29.6 Å². The average molecular weight is 449 g/mol. The van der Waals surface area contributed by atoms with E-state index in [0.717, 1.165) is 11.3 Å². The number of thiophene rings is 1. The predicted molar refractivity (Wildman–Crippen MR) is 94.3 cm³/mol. The van der Waals surface area contributed by atoms with Crippen LogP contribution in [-0.2, 0) is 12.4 Å². The number of nitrogens with one attached hydrogen (secondary N) is 1. The summed E-state index contributed by atoms with van der Waals surface area (Å²) < 4.78 is 94.4. The van der Waals surface area contributed by atoms with Crippen molar-refractivity contribution in [2.45, 2.75) is 18.4 Å². The largest absolute Gasteiger partial charge is 0.416 e. The van der Waals surface area contributed by atoms with Crippen molar-refractivity contribution in [3.63, 3.8) is 0 Å². The maximum absolute atomic E-state index is 14.7. The second-order valence-electron chi connectivity index (χ2n) is 6.12. The van der Waals surface area contributed by atoms with Crippen molar-refractivity contribution in [2.24, 2.45) is 0 Å². The Balaban J connectivity index is 0.00000280. The van der Waals surface area contributed by atoms with E-state index in [-0.39, 0.29) is 24.5 Å². The zero-order chi connectivity index (χ0) is 19.8. The van der Waals surface area contributed by atoms with Gasteiger partial charge in [-0.3, -0.25) is 4.90 Å². The first-order chi connectivity index (χ1) is 12.6. The topological polar surface area (TPSA) is 15.3 Å². The molecular weight excluding hydrogens is 433 g/mol. The van der Waals surface area contributed by atoms with Gasteiger partial charge in [-0.25, -0.2) is 4.39 Å². The summed E-state index contributed by atoms with van der Waals surface area (Å²) in [7, 11) is 0. The van der Waals surface area contributed by atoms with Gasteiger partial charge >= 0.3 is 12.4 Å².